The molecule has 7 heteroatoms. The first-order valence-electron chi connectivity index (χ1n) is 17.1. The van der Waals surface area contributed by atoms with Crippen LogP contribution in [0.25, 0.3) is 0 Å². The molecule has 1 unspecified atom stereocenters. The van der Waals surface area contributed by atoms with E-state index < -0.39 is 34.8 Å². The van der Waals surface area contributed by atoms with E-state index in [1.165, 1.54) is 25.7 Å². The van der Waals surface area contributed by atoms with Crippen molar-refractivity contribution >= 4 is 11.8 Å². The Morgan fingerprint density at radius 3 is 2.49 bits per heavy atom. The Bertz CT molecular complexity index is 1380. The number of carbonyl (C=O) groups is 2. The third-order valence-corrected chi connectivity index (χ3v) is 11.1. The molecular weight excluding hydrogens is 568 g/mol. The highest BCUT2D eigenvalue weighted by Gasteiger charge is 2.79. The predicted octanol–water partition coefficient (Wildman–Crippen LogP) is 6.93. The van der Waals surface area contributed by atoms with Crippen molar-refractivity contribution in [2.75, 3.05) is 6.61 Å². The molecule has 1 saturated carbocycles. The smallest absolute Gasteiger partial charge is 0.306 e. The van der Waals surface area contributed by atoms with Crippen molar-refractivity contribution in [2.24, 2.45) is 17.8 Å². The van der Waals surface area contributed by atoms with E-state index in [9.17, 15) is 14.7 Å². The maximum Gasteiger partial charge on any atom is 0.306 e. The van der Waals surface area contributed by atoms with Crippen LogP contribution in [0.1, 0.15) is 97.5 Å². The van der Waals surface area contributed by atoms with Gasteiger partial charge >= 0.3 is 5.97 Å². The summed E-state index contributed by atoms with van der Waals surface area (Å²) in [5.74, 6) is -3.06. The van der Waals surface area contributed by atoms with Gasteiger partial charge in [0.15, 0.2) is 5.78 Å². The van der Waals surface area contributed by atoms with Gasteiger partial charge in [0.25, 0.3) is 5.97 Å². The highest BCUT2D eigenvalue weighted by molar-refractivity contribution is 6.04. The minimum absolute atomic E-state index is 0.0143. The number of Topliss-reactive ketones (excluding diaryl/α,β-unsaturated/α-hetero) is 1. The lowest BCUT2D eigenvalue weighted by molar-refractivity contribution is -0.421. The maximum atomic E-state index is 13.8. The summed E-state index contributed by atoms with van der Waals surface area (Å²) in [5, 5.41) is 12.4. The van der Waals surface area contributed by atoms with Gasteiger partial charge in [0.05, 0.1) is 12.0 Å². The van der Waals surface area contributed by atoms with Gasteiger partial charge in [-0.15, -0.1) is 0 Å². The number of benzene rings is 1. The van der Waals surface area contributed by atoms with Crippen molar-refractivity contribution in [1.29, 1.82) is 0 Å². The van der Waals surface area contributed by atoms with E-state index in [1.807, 2.05) is 43.3 Å². The molecule has 6 rings (SSSR count). The highest BCUT2D eigenvalue weighted by Crippen LogP contribution is 2.68. The first-order valence-corrected chi connectivity index (χ1v) is 17.1. The first kappa shape index (κ1) is 32.4. The van der Waals surface area contributed by atoms with Crippen LogP contribution in [0, 0.1) is 17.8 Å². The predicted molar refractivity (Wildman–Crippen MR) is 171 cm³/mol. The molecule has 2 saturated heterocycles. The summed E-state index contributed by atoms with van der Waals surface area (Å²) in [7, 11) is 0. The number of unbranched alkanes of at least 4 members (excludes halogenated alkanes) is 6. The van der Waals surface area contributed by atoms with E-state index in [0.717, 1.165) is 30.4 Å². The van der Waals surface area contributed by atoms with Crippen molar-refractivity contribution in [3.63, 3.8) is 0 Å². The van der Waals surface area contributed by atoms with Crippen LogP contribution in [0.4, 0.5) is 0 Å². The molecule has 5 aliphatic rings. The number of rotatable bonds is 13. The van der Waals surface area contributed by atoms with Gasteiger partial charge in [-0.2, -0.15) is 0 Å². The molecule has 2 heterocycles. The molecule has 3 bridgehead atoms. The summed E-state index contributed by atoms with van der Waals surface area (Å²) in [4.78, 5) is 26.6. The standard InChI is InChI=1S/C38H50O7/c1-6-7-8-9-10-11-15-18-32(39)42-24-29-20-30-34-36(25(2)3)21-27(5)38(30,31-19-26(4)33(40)35(31,41)22-29)45-37(43-34,44-36)23-28-16-13-12-14-17-28/h12-14,16-17,19-20,27,30-31,34,41H,2,6-11,15,18,21-24H2,1,3-5H3/t27-,30+,31-,34+,35-,36-,37?,38-/m1/s1. The summed E-state index contributed by atoms with van der Waals surface area (Å²) in [6.45, 7) is 12.5. The number of ether oxygens (including phenoxy) is 4. The Kier molecular flexibility index (Phi) is 8.79. The largest absolute Gasteiger partial charge is 0.461 e. The van der Waals surface area contributed by atoms with Crippen LogP contribution in [-0.2, 0) is 35.0 Å². The number of fused-ring (bicyclic) bond motifs is 2. The Hall–Kier alpha value is -2.58. The molecule has 0 radical (unpaired) electrons. The lowest BCUT2D eigenvalue weighted by Crippen LogP contribution is -2.70. The van der Waals surface area contributed by atoms with Crippen LogP contribution in [0.3, 0.4) is 0 Å². The molecule has 244 valence electrons. The van der Waals surface area contributed by atoms with Crippen LogP contribution in [-0.4, -0.2) is 52.3 Å². The van der Waals surface area contributed by atoms with Crippen molar-refractivity contribution in [3.8, 4) is 0 Å². The van der Waals surface area contributed by atoms with Gasteiger partial charge in [0, 0.05) is 24.7 Å². The fraction of sp³-hybridized carbons (Fsp3) is 0.632. The Morgan fingerprint density at radius 2 is 1.78 bits per heavy atom. The van der Waals surface area contributed by atoms with Gasteiger partial charge in [-0.3, -0.25) is 9.59 Å². The molecule has 0 spiro atoms. The summed E-state index contributed by atoms with van der Waals surface area (Å²) in [5.41, 5.74) is -0.429. The number of hydrogen-bond acceptors (Lipinski definition) is 7. The number of carbonyl (C=O) groups excluding carboxylic acids is 2. The summed E-state index contributed by atoms with van der Waals surface area (Å²) in [6, 6.07) is 9.96. The second-order valence-corrected chi connectivity index (χ2v) is 14.4. The lowest BCUT2D eigenvalue weighted by atomic mass is 9.55. The van der Waals surface area contributed by atoms with Crippen molar-refractivity contribution in [1.82, 2.24) is 0 Å². The van der Waals surface area contributed by atoms with Crippen LogP contribution >= 0.6 is 0 Å². The van der Waals surface area contributed by atoms with Gasteiger partial charge in [-0.05, 0) is 54.9 Å². The number of ketones is 1. The second kappa shape index (κ2) is 12.2. The molecule has 1 aromatic rings. The quantitative estimate of drug-likeness (QED) is 0.146. The monoisotopic (exact) mass is 618 g/mol. The van der Waals surface area contributed by atoms with Crippen molar-refractivity contribution < 1.29 is 33.6 Å². The fourth-order valence-electron chi connectivity index (χ4n) is 8.96. The van der Waals surface area contributed by atoms with E-state index in [1.54, 1.807) is 6.92 Å². The van der Waals surface area contributed by atoms with E-state index in [4.69, 9.17) is 18.9 Å². The Labute approximate surface area is 268 Å². The SMILES string of the molecule is C=C(C)[C@]12C[C@@H](C)[C@@]34OC(Cc5ccccc5)(O[C@H]1[C@@H]3C=C(COC(=O)CCCCCCCCC)C[C@]1(O)C(=O)C(C)=C[C@@H]41)O2. The van der Waals surface area contributed by atoms with Crippen LogP contribution in [0.2, 0.25) is 0 Å². The Morgan fingerprint density at radius 1 is 1.07 bits per heavy atom. The molecule has 7 nitrogen and oxygen atoms in total. The fourth-order valence-corrected chi connectivity index (χ4v) is 8.96. The third-order valence-electron chi connectivity index (χ3n) is 11.1. The molecule has 45 heavy (non-hydrogen) atoms. The number of hydrogen-bond donors (Lipinski definition) is 1. The molecular formula is C38H50O7. The van der Waals surface area contributed by atoms with Gasteiger partial charge < -0.3 is 24.1 Å². The zero-order chi connectivity index (χ0) is 32.0. The minimum atomic E-state index is -1.72. The molecule has 1 aromatic carbocycles. The first-order chi connectivity index (χ1) is 21.5. The normalized spacial score (nSPS) is 37.8. The summed E-state index contributed by atoms with van der Waals surface area (Å²) < 4.78 is 26.7. The van der Waals surface area contributed by atoms with Gasteiger partial charge in [-0.25, -0.2) is 0 Å². The maximum absolute atomic E-state index is 13.8. The number of aliphatic hydroxyl groups is 1. The molecule has 3 aliphatic carbocycles. The van der Waals surface area contributed by atoms with Gasteiger partial charge in [-0.1, -0.05) is 101 Å². The minimum Gasteiger partial charge on any atom is -0.461 e. The van der Waals surface area contributed by atoms with Crippen LogP contribution < -0.4 is 0 Å². The summed E-state index contributed by atoms with van der Waals surface area (Å²) >= 11 is 0. The average Bonchev–Trinajstić information content (AvgIpc) is 3.31. The van der Waals surface area contributed by atoms with Crippen molar-refractivity contribution in [2.45, 2.75) is 127 Å². The van der Waals surface area contributed by atoms with Gasteiger partial charge in [0.1, 0.15) is 23.9 Å². The molecule has 2 aliphatic heterocycles. The van der Waals surface area contributed by atoms with E-state index in [-0.39, 0.29) is 36.6 Å². The molecule has 1 N–H and O–H groups in total. The number of esters is 1. The second-order valence-electron chi connectivity index (χ2n) is 14.4. The van der Waals surface area contributed by atoms with E-state index >= 15 is 0 Å². The van der Waals surface area contributed by atoms with Crippen molar-refractivity contribution in [3.05, 3.63) is 71.3 Å². The highest BCUT2D eigenvalue weighted by atomic mass is 16.9. The molecule has 0 amide bonds. The third kappa shape index (κ3) is 5.38. The zero-order valence-electron chi connectivity index (χ0n) is 27.4. The van der Waals surface area contributed by atoms with Gasteiger partial charge in [0.2, 0.25) is 0 Å². The lowest BCUT2D eigenvalue weighted by Gasteiger charge is -2.59. The topological polar surface area (TPSA) is 91.3 Å². The van der Waals surface area contributed by atoms with Crippen LogP contribution in [0.15, 0.2) is 65.8 Å². The zero-order valence-corrected chi connectivity index (χ0v) is 27.4. The van der Waals surface area contributed by atoms with Crippen LogP contribution in [0.5, 0.6) is 0 Å². The van der Waals surface area contributed by atoms with E-state index in [2.05, 4.69) is 26.5 Å². The average molecular weight is 619 g/mol. The molecule has 3 fully saturated rings. The molecule has 0 aromatic heterocycles. The Balaban J connectivity index is 1.31. The molecule has 8 atom stereocenters. The van der Waals surface area contributed by atoms with E-state index in [0.29, 0.717) is 30.4 Å². The summed E-state index contributed by atoms with van der Waals surface area (Å²) in [6.07, 6.45) is 12.8.